The molecule has 6 atom stereocenters. The molecule has 0 saturated heterocycles. The topological polar surface area (TPSA) is 71.1 Å². The summed E-state index contributed by atoms with van der Waals surface area (Å²) in [6.45, 7) is 37.8. The van der Waals surface area contributed by atoms with E-state index < -0.39 is 28.4 Å². The van der Waals surface area contributed by atoms with Crippen LogP contribution in [0.4, 0.5) is 4.79 Å². The van der Waals surface area contributed by atoms with Gasteiger partial charge in [-0.25, -0.2) is 4.79 Å². The van der Waals surface area contributed by atoms with Gasteiger partial charge in [-0.3, -0.25) is 4.79 Å². The van der Waals surface area contributed by atoms with Crippen LogP contribution in [0.5, 0.6) is 0 Å². The van der Waals surface area contributed by atoms with E-state index in [-0.39, 0.29) is 46.0 Å². The van der Waals surface area contributed by atoms with Crippen LogP contribution in [-0.4, -0.2) is 53.0 Å². The van der Waals surface area contributed by atoms with Gasteiger partial charge in [0.05, 0.1) is 18.8 Å². The normalized spacial score (nSPS) is 29.4. The first kappa shape index (κ1) is 42.7. The molecule has 3 aliphatic rings. The van der Waals surface area contributed by atoms with Crippen molar-refractivity contribution in [2.45, 2.75) is 175 Å². The van der Waals surface area contributed by atoms with Crippen LogP contribution in [0.15, 0.2) is 47.6 Å². The molecule has 3 fully saturated rings. The number of ketones is 1. The average Bonchev–Trinajstić information content (AvgIpc) is 3.32. The summed E-state index contributed by atoms with van der Waals surface area (Å²) in [6, 6.07) is 0. The Labute approximate surface area is 308 Å². The lowest BCUT2D eigenvalue weighted by atomic mass is 9.61. The molecular formula is C42H72O6Si2. The van der Waals surface area contributed by atoms with Crippen molar-refractivity contribution in [1.82, 2.24) is 0 Å². The summed E-state index contributed by atoms with van der Waals surface area (Å²) >= 11 is 0. The summed E-state index contributed by atoms with van der Waals surface area (Å²) in [7, 11) is -4.00. The van der Waals surface area contributed by atoms with Crippen LogP contribution in [0.1, 0.15) is 121 Å². The van der Waals surface area contributed by atoms with Crippen LogP contribution in [0.3, 0.4) is 0 Å². The SMILES string of the molecule is C=C1/C(=C\C=C2/CCC[C@]3(C)[C@@H]([C@H](C)/C=C/C(=O)C(C)(C)OC(=O)OCC)CC[C@@H]23)C[C@@H](O[Si](C)(C)C(C)(C)C)C[C@@H]1O[Si](C)(C)C(C)(C)C. The van der Waals surface area contributed by atoms with E-state index in [1.807, 2.05) is 6.08 Å². The summed E-state index contributed by atoms with van der Waals surface area (Å²) in [5.41, 5.74) is 2.85. The second-order valence-corrected chi connectivity index (χ2v) is 28.8. The number of carbonyl (C=O) groups is 2. The molecular weight excluding hydrogens is 657 g/mol. The molecule has 0 unspecified atom stereocenters. The maximum Gasteiger partial charge on any atom is 0.509 e. The molecule has 3 saturated carbocycles. The fourth-order valence-electron chi connectivity index (χ4n) is 7.89. The van der Waals surface area contributed by atoms with E-state index in [0.717, 1.165) is 37.7 Å². The van der Waals surface area contributed by atoms with Gasteiger partial charge in [0.15, 0.2) is 28.0 Å². The second kappa shape index (κ2) is 15.7. The van der Waals surface area contributed by atoms with E-state index in [4.69, 9.17) is 18.3 Å². The van der Waals surface area contributed by atoms with Crippen molar-refractivity contribution in [3.8, 4) is 0 Å². The number of hydrogen-bond donors (Lipinski definition) is 0. The highest BCUT2D eigenvalue weighted by Gasteiger charge is 2.50. The van der Waals surface area contributed by atoms with Crippen LogP contribution in [-0.2, 0) is 23.1 Å². The lowest BCUT2D eigenvalue weighted by Crippen LogP contribution is -2.49. The van der Waals surface area contributed by atoms with Crippen molar-refractivity contribution in [3.63, 3.8) is 0 Å². The van der Waals surface area contributed by atoms with Crippen molar-refractivity contribution in [2.24, 2.45) is 23.2 Å². The number of rotatable bonds is 11. The molecule has 50 heavy (non-hydrogen) atoms. The molecule has 0 aromatic rings. The average molecular weight is 729 g/mol. The van der Waals surface area contributed by atoms with E-state index >= 15 is 0 Å². The molecule has 0 aromatic heterocycles. The molecule has 0 aromatic carbocycles. The van der Waals surface area contributed by atoms with Crippen LogP contribution in [0.25, 0.3) is 0 Å². The standard InChI is InChI=1S/C42H72O6Si2/c1-17-45-38(44)46-41(10,11)37(43)25-20-29(2)34-23-24-35-31(19-18-26-42(34,35)12)21-22-32-27-33(47-49(13,14)39(4,5)6)28-36(30(32)3)48-50(15,16)40(7,8)9/h20-22,25,29,33-36H,3,17-19,23-24,26-28H2,1-2,4-16H3/b25-20+,31-21+,32-22-/t29-,33-,34-,35+,36+,42-/m1/s1. The Bertz CT molecular complexity index is 1340. The number of carbonyl (C=O) groups excluding carboxylic acids is 2. The Balaban J connectivity index is 1.86. The Morgan fingerprint density at radius 2 is 1.56 bits per heavy atom. The zero-order chi connectivity index (χ0) is 38.1. The summed E-state index contributed by atoms with van der Waals surface area (Å²) in [4.78, 5) is 24.9. The predicted molar refractivity (Wildman–Crippen MR) is 212 cm³/mol. The first-order valence-electron chi connectivity index (χ1n) is 19.3. The smallest absolute Gasteiger partial charge is 0.435 e. The van der Waals surface area contributed by atoms with Gasteiger partial charge in [0, 0.05) is 6.42 Å². The lowest BCUT2D eigenvalue weighted by Gasteiger charge is -2.45. The minimum Gasteiger partial charge on any atom is -0.435 e. The molecule has 0 aliphatic heterocycles. The molecule has 3 aliphatic carbocycles. The number of hydrogen-bond acceptors (Lipinski definition) is 6. The third-order valence-electron chi connectivity index (χ3n) is 13.2. The third-order valence-corrected chi connectivity index (χ3v) is 22.2. The van der Waals surface area contributed by atoms with Crippen LogP contribution in [0.2, 0.25) is 36.3 Å². The van der Waals surface area contributed by atoms with Crippen LogP contribution in [0, 0.1) is 23.2 Å². The summed E-state index contributed by atoms with van der Waals surface area (Å²) < 4.78 is 24.3. The highest BCUT2D eigenvalue weighted by atomic mass is 28.4. The van der Waals surface area contributed by atoms with Crippen molar-refractivity contribution in [2.75, 3.05) is 6.61 Å². The Kier molecular flexibility index (Phi) is 13.4. The number of allylic oxidation sites excluding steroid dienone is 4. The summed E-state index contributed by atoms with van der Waals surface area (Å²) in [6.07, 6.45) is 15.3. The van der Waals surface area contributed by atoms with Crippen LogP contribution >= 0.6 is 0 Å². The van der Waals surface area contributed by atoms with Crippen molar-refractivity contribution >= 4 is 28.6 Å². The second-order valence-electron chi connectivity index (χ2n) is 19.2. The quantitative estimate of drug-likeness (QED) is 0.120. The van der Waals surface area contributed by atoms with Gasteiger partial charge in [-0.15, -0.1) is 0 Å². The molecule has 3 rings (SSSR count). The molecule has 0 spiro atoms. The molecule has 8 heteroatoms. The Morgan fingerprint density at radius 1 is 0.960 bits per heavy atom. The predicted octanol–water partition coefficient (Wildman–Crippen LogP) is 11.9. The Morgan fingerprint density at radius 3 is 2.14 bits per heavy atom. The van der Waals surface area contributed by atoms with Gasteiger partial charge in [0.1, 0.15) is 0 Å². The van der Waals surface area contributed by atoms with Gasteiger partial charge in [-0.1, -0.05) is 85.8 Å². The fraction of sp³-hybridized carbons (Fsp3) is 0.762. The van der Waals surface area contributed by atoms with Gasteiger partial charge < -0.3 is 18.3 Å². The van der Waals surface area contributed by atoms with E-state index in [1.165, 1.54) is 18.4 Å². The van der Waals surface area contributed by atoms with Gasteiger partial charge >= 0.3 is 6.16 Å². The van der Waals surface area contributed by atoms with Gasteiger partial charge in [-0.05, 0) is 136 Å². The van der Waals surface area contributed by atoms with Crippen molar-refractivity contribution < 1.29 is 27.9 Å². The molecule has 0 amide bonds. The van der Waals surface area contributed by atoms with Gasteiger partial charge in [-0.2, -0.15) is 0 Å². The molecule has 0 heterocycles. The summed E-state index contributed by atoms with van der Waals surface area (Å²) in [5.74, 6) is 0.983. The molecule has 0 radical (unpaired) electrons. The van der Waals surface area contributed by atoms with E-state index in [9.17, 15) is 9.59 Å². The maximum absolute atomic E-state index is 13.0. The van der Waals surface area contributed by atoms with E-state index in [2.05, 4.69) is 100 Å². The van der Waals surface area contributed by atoms with E-state index in [1.54, 1.807) is 32.4 Å². The largest absolute Gasteiger partial charge is 0.509 e. The van der Waals surface area contributed by atoms with Gasteiger partial charge in [0.25, 0.3) is 0 Å². The molecule has 284 valence electrons. The van der Waals surface area contributed by atoms with Crippen molar-refractivity contribution in [3.05, 3.63) is 47.6 Å². The minimum atomic E-state index is -2.03. The fourth-order valence-corrected chi connectivity index (χ4v) is 10.6. The maximum atomic E-state index is 13.0. The molecule has 0 N–H and O–H groups in total. The minimum absolute atomic E-state index is 0.0282. The number of ether oxygens (including phenoxy) is 2. The molecule has 0 bridgehead atoms. The lowest BCUT2D eigenvalue weighted by molar-refractivity contribution is -0.131. The van der Waals surface area contributed by atoms with Crippen LogP contribution < -0.4 is 0 Å². The van der Waals surface area contributed by atoms with Crippen molar-refractivity contribution in [1.29, 1.82) is 0 Å². The zero-order valence-electron chi connectivity index (χ0n) is 34.5. The van der Waals surface area contributed by atoms with Gasteiger partial charge in [0.2, 0.25) is 0 Å². The Hall–Kier alpha value is -1.75. The zero-order valence-corrected chi connectivity index (χ0v) is 36.5. The molecule has 6 nitrogen and oxygen atoms in total. The first-order chi connectivity index (χ1) is 22.8. The third kappa shape index (κ3) is 9.81. The highest BCUT2D eigenvalue weighted by molar-refractivity contribution is 6.74. The summed E-state index contributed by atoms with van der Waals surface area (Å²) in [5, 5.41) is 0.255. The first-order valence-corrected chi connectivity index (χ1v) is 25.1. The monoisotopic (exact) mass is 728 g/mol. The van der Waals surface area contributed by atoms with E-state index in [0.29, 0.717) is 11.8 Å². The highest BCUT2D eigenvalue weighted by Crippen LogP contribution is 2.59. The number of fused-ring (bicyclic) bond motifs is 1.